The lowest BCUT2D eigenvalue weighted by molar-refractivity contribution is 0.0951. The van der Waals surface area contributed by atoms with E-state index in [1.807, 2.05) is 6.92 Å². The predicted octanol–water partition coefficient (Wildman–Crippen LogP) is 2.76. The Bertz CT molecular complexity index is 455. The Morgan fingerprint density at radius 1 is 1.42 bits per heavy atom. The van der Waals surface area contributed by atoms with Crippen LogP contribution in [0.3, 0.4) is 0 Å². The average Bonchev–Trinajstić information content (AvgIpc) is 2.38. The van der Waals surface area contributed by atoms with E-state index in [9.17, 15) is 13.6 Å². The van der Waals surface area contributed by atoms with Gasteiger partial charge in [0.25, 0.3) is 5.91 Å². The Balaban J connectivity index is 2.52. The van der Waals surface area contributed by atoms with E-state index >= 15 is 0 Å². The molecular weight excluding hydrogens is 276 g/mol. The molecule has 0 saturated heterocycles. The summed E-state index contributed by atoms with van der Waals surface area (Å²) < 4.78 is 25.9. The summed E-state index contributed by atoms with van der Waals surface area (Å²) in [7, 11) is 0. The second kappa shape index (κ2) is 7.40. The smallest absolute Gasteiger partial charge is 0.252 e. The number of carbonyl (C=O) groups is 1. The number of amides is 1. The molecule has 0 radical (unpaired) electrons. The summed E-state index contributed by atoms with van der Waals surface area (Å²) in [4.78, 5) is 11.7. The van der Waals surface area contributed by atoms with Gasteiger partial charge in [0.2, 0.25) is 0 Å². The molecule has 1 aromatic rings. The van der Waals surface area contributed by atoms with Gasteiger partial charge in [-0.2, -0.15) is 0 Å². The zero-order valence-electron chi connectivity index (χ0n) is 10.5. The summed E-state index contributed by atoms with van der Waals surface area (Å²) in [6.07, 6.45) is 1.46. The van der Waals surface area contributed by atoms with Gasteiger partial charge in [0, 0.05) is 13.2 Å². The minimum absolute atomic E-state index is 0.0872. The van der Waals surface area contributed by atoms with Gasteiger partial charge < -0.3 is 10.4 Å². The molecule has 0 spiro atoms. The number of carbonyl (C=O) groups excluding carboxylic acids is 1. The van der Waals surface area contributed by atoms with Gasteiger partial charge in [-0.05, 0) is 30.9 Å². The van der Waals surface area contributed by atoms with E-state index in [1.54, 1.807) is 0 Å². The number of halogens is 3. The minimum atomic E-state index is -1.11. The normalized spacial score (nSPS) is 12.3. The van der Waals surface area contributed by atoms with Crippen molar-refractivity contribution in [3.05, 3.63) is 34.4 Å². The van der Waals surface area contributed by atoms with Crippen LogP contribution in [0.4, 0.5) is 8.78 Å². The lowest BCUT2D eigenvalue weighted by Crippen LogP contribution is -2.25. The van der Waals surface area contributed by atoms with Gasteiger partial charge in [0.05, 0.1) is 10.6 Å². The van der Waals surface area contributed by atoms with Crippen molar-refractivity contribution in [2.24, 2.45) is 5.92 Å². The van der Waals surface area contributed by atoms with Crippen LogP contribution in [0.5, 0.6) is 0 Å². The number of benzene rings is 1. The van der Waals surface area contributed by atoms with Crippen LogP contribution in [-0.4, -0.2) is 24.2 Å². The molecule has 2 N–H and O–H groups in total. The van der Waals surface area contributed by atoms with Gasteiger partial charge in [-0.15, -0.1) is 0 Å². The fourth-order valence-corrected chi connectivity index (χ4v) is 1.77. The van der Waals surface area contributed by atoms with Crippen molar-refractivity contribution < 1.29 is 18.7 Å². The van der Waals surface area contributed by atoms with Gasteiger partial charge in [0.1, 0.15) is 0 Å². The first kappa shape index (κ1) is 15.9. The van der Waals surface area contributed by atoms with Crippen molar-refractivity contribution >= 4 is 17.5 Å². The first-order valence-electron chi connectivity index (χ1n) is 5.99. The highest BCUT2D eigenvalue weighted by Gasteiger charge is 2.14. The van der Waals surface area contributed by atoms with Crippen molar-refractivity contribution in [2.75, 3.05) is 13.2 Å². The highest BCUT2D eigenvalue weighted by molar-refractivity contribution is 6.33. The lowest BCUT2D eigenvalue weighted by atomic mass is 10.1. The van der Waals surface area contributed by atoms with E-state index in [0.717, 1.165) is 18.6 Å². The van der Waals surface area contributed by atoms with Crippen LogP contribution in [0.15, 0.2) is 12.1 Å². The monoisotopic (exact) mass is 291 g/mol. The van der Waals surface area contributed by atoms with Gasteiger partial charge in [-0.1, -0.05) is 18.5 Å². The quantitative estimate of drug-likeness (QED) is 0.625. The Morgan fingerprint density at radius 2 is 2.05 bits per heavy atom. The molecule has 0 bridgehead atoms. The topological polar surface area (TPSA) is 49.3 Å². The third-order valence-corrected chi connectivity index (χ3v) is 3.04. The van der Waals surface area contributed by atoms with Gasteiger partial charge >= 0.3 is 0 Å². The van der Waals surface area contributed by atoms with Crippen molar-refractivity contribution in [3.8, 4) is 0 Å². The van der Waals surface area contributed by atoms with Crippen molar-refractivity contribution in [1.29, 1.82) is 0 Å². The zero-order chi connectivity index (χ0) is 14.4. The molecule has 6 heteroatoms. The summed E-state index contributed by atoms with van der Waals surface area (Å²) in [5, 5.41) is 11.3. The van der Waals surface area contributed by atoms with Crippen molar-refractivity contribution in [2.45, 2.75) is 19.8 Å². The van der Waals surface area contributed by atoms with Crippen LogP contribution in [0.1, 0.15) is 30.1 Å². The van der Waals surface area contributed by atoms with E-state index in [2.05, 4.69) is 5.32 Å². The molecule has 1 aromatic carbocycles. The molecule has 0 aliphatic carbocycles. The number of hydrogen-bond donors (Lipinski definition) is 2. The standard InChI is InChI=1S/C13H16ClF2NO2/c1-8(7-18)3-2-4-17-13(19)9-5-11(15)12(16)6-10(9)14/h5-6,8,18H,2-4,7H2,1H3,(H,17,19). The highest BCUT2D eigenvalue weighted by atomic mass is 35.5. The van der Waals surface area contributed by atoms with E-state index in [0.29, 0.717) is 13.0 Å². The van der Waals surface area contributed by atoms with E-state index in [1.165, 1.54) is 0 Å². The number of hydrogen-bond acceptors (Lipinski definition) is 2. The molecule has 0 aliphatic heterocycles. The Kier molecular flexibility index (Phi) is 6.18. The Hall–Kier alpha value is -1.20. The molecule has 1 rings (SSSR count). The van der Waals surface area contributed by atoms with Crippen LogP contribution in [0, 0.1) is 17.6 Å². The molecule has 0 saturated carbocycles. The lowest BCUT2D eigenvalue weighted by Gasteiger charge is -2.09. The third-order valence-electron chi connectivity index (χ3n) is 2.73. The molecule has 0 aromatic heterocycles. The highest BCUT2D eigenvalue weighted by Crippen LogP contribution is 2.19. The second-order valence-electron chi connectivity index (χ2n) is 4.43. The van der Waals surface area contributed by atoms with Gasteiger partial charge in [0.15, 0.2) is 11.6 Å². The van der Waals surface area contributed by atoms with E-state index < -0.39 is 17.5 Å². The zero-order valence-corrected chi connectivity index (χ0v) is 11.3. The van der Waals surface area contributed by atoms with Crippen LogP contribution < -0.4 is 5.32 Å². The fraction of sp³-hybridized carbons (Fsp3) is 0.462. The SMILES string of the molecule is CC(CO)CCCNC(=O)c1cc(F)c(F)cc1Cl. The van der Waals surface area contributed by atoms with Crippen molar-refractivity contribution in [3.63, 3.8) is 0 Å². The van der Waals surface area contributed by atoms with Crippen molar-refractivity contribution in [1.82, 2.24) is 5.32 Å². The molecule has 1 unspecified atom stereocenters. The summed E-state index contributed by atoms with van der Waals surface area (Å²) in [6, 6.07) is 1.56. The maximum Gasteiger partial charge on any atom is 0.252 e. The summed E-state index contributed by atoms with van der Waals surface area (Å²) >= 11 is 5.68. The second-order valence-corrected chi connectivity index (χ2v) is 4.84. The van der Waals surface area contributed by atoms with Crippen LogP contribution in [-0.2, 0) is 0 Å². The Labute approximate surface area is 115 Å². The molecule has 0 heterocycles. The number of aliphatic hydroxyl groups excluding tert-OH is 1. The summed E-state index contributed by atoms with van der Waals surface area (Å²) in [5.74, 6) is -2.56. The predicted molar refractivity (Wildman–Crippen MR) is 69.2 cm³/mol. The molecule has 0 aliphatic rings. The number of rotatable bonds is 6. The van der Waals surface area contributed by atoms with Crippen LogP contribution in [0.25, 0.3) is 0 Å². The molecule has 106 valence electrons. The number of nitrogens with one attached hydrogen (secondary N) is 1. The first-order valence-corrected chi connectivity index (χ1v) is 6.37. The summed E-state index contributed by atoms with van der Waals surface area (Å²) in [5.41, 5.74) is -0.0872. The van der Waals surface area contributed by atoms with Gasteiger partial charge in [-0.25, -0.2) is 8.78 Å². The molecule has 0 fully saturated rings. The molecule has 19 heavy (non-hydrogen) atoms. The summed E-state index contributed by atoms with van der Waals surface area (Å²) in [6.45, 7) is 2.38. The van der Waals surface area contributed by atoms with Crippen LogP contribution in [0.2, 0.25) is 5.02 Å². The minimum Gasteiger partial charge on any atom is -0.396 e. The molecule has 3 nitrogen and oxygen atoms in total. The maximum atomic E-state index is 13.0. The van der Waals surface area contributed by atoms with Gasteiger partial charge in [-0.3, -0.25) is 4.79 Å². The maximum absolute atomic E-state index is 13.0. The molecule has 1 amide bonds. The third kappa shape index (κ3) is 4.76. The van der Waals surface area contributed by atoms with Crippen LogP contribution >= 0.6 is 11.6 Å². The molecule has 1 atom stereocenters. The van der Waals surface area contributed by atoms with E-state index in [4.69, 9.17) is 16.7 Å². The first-order chi connectivity index (χ1) is 8.95. The average molecular weight is 292 g/mol. The number of aliphatic hydroxyl groups is 1. The largest absolute Gasteiger partial charge is 0.396 e. The fourth-order valence-electron chi connectivity index (χ4n) is 1.54. The van der Waals surface area contributed by atoms with E-state index in [-0.39, 0.29) is 23.1 Å². The molecular formula is C13H16ClF2NO2. The Morgan fingerprint density at radius 3 is 2.68 bits per heavy atom.